The van der Waals surface area contributed by atoms with Crippen LogP contribution in [-0.4, -0.2) is 32.8 Å². The van der Waals surface area contributed by atoms with E-state index in [0.717, 1.165) is 5.56 Å². The van der Waals surface area contributed by atoms with Crippen LogP contribution in [0.25, 0.3) is 22.8 Å². The highest BCUT2D eigenvalue weighted by atomic mass is 16.5. The number of nitrogens with zero attached hydrogens (tertiary/aromatic N) is 3. The molecule has 10 nitrogen and oxygen atoms in total. The van der Waals surface area contributed by atoms with Crippen molar-refractivity contribution in [2.45, 2.75) is 32.6 Å². The SMILES string of the molecule is CC(C)C1CC(=O)NC(n2nc(-c3ccco3)cc2NC(=O)c2cc(-c3ccccc3)on2)N1. The molecular formula is C24H24N6O4. The Hall–Kier alpha value is -4.18. The third-order valence-electron chi connectivity index (χ3n) is 5.68. The number of rotatable bonds is 6. The summed E-state index contributed by atoms with van der Waals surface area (Å²) in [5, 5.41) is 17.6. The van der Waals surface area contributed by atoms with Gasteiger partial charge in [-0.15, -0.1) is 0 Å². The highest BCUT2D eigenvalue weighted by Gasteiger charge is 2.31. The molecule has 4 aromatic rings. The molecule has 3 aromatic heterocycles. The molecule has 0 radical (unpaired) electrons. The third kappa shape index (κ3) is 4.35. The smallest absolute Gasteiger partial charge is 0.279 e. The second-order valence-electron chi connectivity index (χ2n) is 8.42. The number of furan rings is 1. The van der Waals surface area contributed by atoms with Crippen molar-refractivity contribution in [3.8, 4) is 22.8 Å². The summed E-state index contributed by atoms with van der Waals surface area (Å²) in [5.74, 6) is 1.04. The Morgan fingerprint density at radius 1 is 1.15 bits per heavy atom. The van der Waals surface area contributed by atoms with Gasteiger partial charge in [0.15, 0.2) is 23.5 Å². The molecule has 1 fully saturated rings. The van der Waals surface area contributed by atoms with Crippen LogP contribution in [0.1, 0.15) is 37.0 Å². The maximum atomic E-state index is 13.0. The van der Waals surface area contributed by atoms with Crippen molar-refractivity contribution in [1.29, 1.82) is 0 Å². The first-order valence-corrected chi connectivity index (χ1v) is 11.0. The zero-order valence-corrected chi connectivity index (χ0v) is 18.7. The van der Waals surface area contributed by atoms with Gasteiger partial charge in [0.05, 0.1) is 6.26 Å². The van der Waals surface area contributed by atoms with Crippen LogP contribution >= 0.6 is 0 Å². The topological polar surface area (TPSA) is 127 Å². The Morgan fingerprint density at radius 3 is 2.71 bits per heavy atom. The highest BCUT2D eigenvalue weighted by Crippen LogP contribution is 2.27. The van der Waals surface area contributed by atoms with Gasteiger partial charge in [0.25, 0.3) is 5.91 Å². The summed E-state index contributed by atoms with van der Waals surface area (Å²) in [6.45, 7) is 4.09. The summed E-state index contributed by atoms with van der Waals surface area (Å²) < 4.78 is 12.4. The molecule has 4 heterocycles. The fraction of sp³-hybridized carbons (Fsp3) is 0.250. The summed E-state index contributed by atoms with van der Waals surface area (Å²) in [7, 11) is 0. The molecule has 0 bridgehead atoms. The summed E-state index contributed by atoms with van der Waals surface area (Å²) in [6.07, 6.45) is 1.26. The molecule has 1 aliphatic rings. The van der Waals surface area contributed by atoms with Crippen molar-refractivity contribution in [2.24, 2.45) is 5.92 Å². The number of amides is 2. The average molecular weight is 460 g/mol. The number of aromatic nitrogens is 3. The van der Waals surface area contributed by atoms with Gasteiger partial charge < -0.3 is 19.6 Å². The second-order valence-corrected chi connectivity index (χ2v) is 8.42. The third-order valence-corrected chi connectivity index (χ3v) is 5.68. The average Bonchev–Trinajstić information content (AvgIpc) is 3.59. The molecule has 5 rings (SSSR count). The number of hydrogen-bond donors (Lipinski definition) is 3. The molecule has 0 aliphatic carbocycles. The minimum absolute atomic E-state index is 0.0393. The van der Waals surface area contributed by atoms with Gasteiger partial charge in [-0.05, 0) is 18.1 Å². The maximum Gasteiger partial charge on any atom is 0.279 e. The normalized spacial score (nSPS) is 18.1. The first-order valence-electron chi connectivity index (χ1n) is 11.0. The van der Waals surface area contributed by atoms with Gasteiger partial charge in [-0.25, -0.2) is 4.68 Å². The lowest BCUT2D eigenvalue weighted by atomic mass is 9.99. The highest BCUT2D eigenvalue weighted by molar-refractivity contribution is 6.03. The number of nitrogens with one attached hydrogen (secondary N) is 3. The van der Waals surface area contributed by atoms with Crippen LogP contribution in [0.2, 0.25) is 0 Å². The molecule has 2 unspecified atom stereocenters. The van der Waals surface area contributed by atoms with Gasteiger partial charge in [0, 0.05) is 30.2 Å². The van der Waals surface area contributed by atoms with E-state index in [1.165, 1.54) is 4.68 Å². The van der Waals surface area contributed by atoms with Crippen LogP contribution in [0.5, 0.6) is 0 Å². The molecule has 2 atom stereocenters. The van der Waals surface area contributed by atoms with Gasteiger partial charge in [-0.2, -0.15) is 5.10 Å². The molecule has 2 amide bonds. The monoisotopic (exact) mass is 460 g/mol. The first-order chi connectivity index (χ1) is 16.5. The van der Waals surface area contributed by atoms with E-state index in [9.17, 15) is 9.59 Å². The lowest BCUT2D eigenvalue weighted by Gasteiger charge is -2.34. The lowest BCUT2D eigenvalue weighted by molar-refractivity contribution is -0.126. The van der Waals surface area contributed by atoms with Crippen LogP contribution in [0.3, 0.4) is 0 Å². The van der Waals surface area contributed by atoms with E-state index in [4.69, 9.17) is 8.94 Å². The summed E-state index contributed by atoms with van der Waals surface area (Å²) >= 11 is 0. The Morgan fingerprint density at radius 2 is 1.97 bits per heavy atom. The standard InChI is InChI=1S/C24H24N6O4/c1-14(2)16-13-22(31)27-24(25-16)30-21(12-17(28-30)19-9-6-10-33-19)26-23(32)18-11-20(34-29-18)15-7-4-3-5-8-15/h3-12,14,16,24-25H,13H2,1-2H3,(H,26,32)(H,27,31). The molecule has 34 heavy (non-hydrogen) atoms. The number of hydrogen-bond acceptors (Lipinski definition) is 7. The number of carbonyl (C=O) groups excluding carboxylic acids is 2. The van der Waals surface area contributed by atoms with Gasteiger partial charge >= 0.3 is 0 Å². The number of carbonyl (C=O) groups is 2. The van der Waals surface area contributed by atoms with Crippen molar-refractivity contribution in [1.82, 2.24) is 25.6 Å². The molecule has 0 saturated carbocycles. The molecule has 1 aromatic carbocycles. The minimum atomic E-state index is -0.648. The lowest BCUT2D eigenvalue weighted by Crippen LogP contribution is -2.55. The van der Waals surface area contributed by atoms with Crippen molar-refractivity contribution in [2.75, 3.05) is 5.32 Å². The predicted octanol–water partition coefficient (Wildman–Crippen LogP) is 3.64. The Labute approximate surface area is 195 Å². The largest absolute Gasteiger partial charge is 0.463 e. The molecule has 10 heteroatoms. The minimum Gasteiger partial charge on any atom is -0.463 e. The summed E-state index contributed by atoms with van der Waals surface area (Å²) in [6, 6.07) is 16.1. The van der Waals surface area contributed by atoms with E-state index >= 15 is 0 Å². The summed E-state index contributed by atoms with van der Waals surface area (Å²) in [4.78, 5) is 25.4. The number of anilines is 1. The molecular weight excluding hydrogens is 436 g/mol. The maximum absolute atomic E-state index is 13.0. The van der Waals surface area contributed by atoms with Crippen molar-refractivity contribution in [3.63, 3.8) is 0 Å². The Balaban J connectivity index is 1.44. The van der Waals surface area contributed by atoms with Crippen LogP contribution in [-0.2, 0) is 4.79 Å². The quantitative estimate of drug-likeness (QED) is 0.401. The van der Waals surface area contributed by atoms with E-state index < -0.39 is 12.2 Å². The van der Waals surface area contributed by atoms with Crippen molar-refractivity contribution in [3.05, 3.63) is 66.6 Å². The molecule has 3 N–H and O–H groups in total. The molecule has 1 saturated heterocycles. The first kappa shape index (κ1) is 21.7. The molecule has 174 valence electrons. The van der Waals surface area contributed by atoms with Gasteiger partial charge in [0.1, 0.15) is 11.5 Å². The number of benzene rings is 1. The zero-order chi connectivity index (χ0) is 23.7. The fourth-order valence-electron chi connectivity index (χ4n) is 3.80. The van der Waals surface area contributed by atoms with Crippen LogP contribution < -0.4 is 16.0 Å². The van der Waals surface area contributed by atoms with Gasteiger partial charge in [-0.3, -0.25) is 14.9 Å². The van der Waals surface area contributed by atoms with E-state index in [2.05, 4.69) is 26.2 Å². The van der Waals surface area contributed by atoms with Gasteiger partial charge in [-0.1, -0.05) is 49.3 Å². The van der Waals surface area contributed by atoms with Crippen LogP contribution in [0.4, 0.5) is 5.82 Å². The molecule has 0 spiro atoms. The molecule has 1 aliphatic heterocycles. The fourth-order valence-corrected chi connectivity index (χ4v) is 3.80. The van der Waals surface area contributed by atoms with Gasteiger partial charge in [0.2, 0.25) is 5.91 Å². The van der Waals surface area contributed by atoms with E-state index in [1.807, 2.05) is 44.2 Å². The van der Waals surface area contributed by atoms with E-state index in [-0.39, 0.29) is 23.6 Å². The van der Waals surface area contributed by atoms with Crippen molar-refractivity contribution >= 4 is 17.6 Å². The van der Waals surface area contributed by atoms with E-state index in [1.54, 1.807) is 30.5 Å². The van der Waals surface area contributed by atoms with Crippen LogP contribution in [0.15, 0.2) is 69.8 Å². The Bertz CT molecular complexity index is 1290. The second kappa shape index (κ2) is 8.99. The Kier molecular flexibility index (Phi) is 5.72. The van der Waals surface area contributed by atoms with Crippen molar-refractivity contribution < 1.29 is 18.5 Å². The summed E-state index contributed by atoms with van der Waals surface area (Å²) in [5.41, 5.74) is 1.44. The van der Waals surface area contributed by atoms with E-state index in [0.29, 0.717) is 29.5 Å². The zero-order valence-electron chi connectivity index (χ0n) is 18.7. The predicted molar refractivity (Wildman–Crippen MR) is 123 cm³/mol. The van der Waals surface area contributed by atoms with Crippen LogP contribution in [0, 0.1) is 5.92 Å².